The van der Waals surface area contributed by atoms with Crippen molar-refractivity contribution in [3.63, 3.8) is 0 Å². The quantitative estimate of drug-likeness (QED) is 0.603. The molecular weight excluding hydrogens is 394 g/mol. The van der Waals surface area contributed by atoms with Crippen molar-refractivity contribution in [3.8, 4) is 0 Å². The Balaban J connectivity index is 1.54. The van der Waals surface area contributed by atoms with Gasteiger partial charge in [0.05, 0.1) is 12.5 Å². The Morgan fingerprint density at radius 2 is 1.86 bits per heavy atom. The first-order chi connectivity index (χ1) is 13.9. The number of halogens is 1. The highest BCUT2D eigenvalue weighted by molar-refractivity contribution is 6.31. The summed E-state index contributed by atoms with van der Waals surface area (Å²) in [7, 11) is 0. The van der Waals surface area contributed by atoms with Crippen LogP contribution in [0.25, 0.3) is 0 Å². The summed E-state index contributed by atoms with van der Waals surface area (Å²) in [6.07, 6.45) is 2.98. The predicted molar refractivity (Wildman–Crippen MR) is 110 cm³/mol. The minimum absolute atomic E-state index is 0.210. The normalized spacial score (nSPS) is 13.3. The maximum atomic E-state index is 12.2. The van der Waals surface area contributed by atoms with Gasteiger partial charge >= 0.3 is 12.0 Å². The summed E-state index contributed by atoms with van der Waals surface area (Å²) < 4.78 is 5.06. The highest BCUT2D eigenvalue weighted by atomic mass is 35.5. The Labute approximate surface area is 173 Å². The zero-order chi connectivity index (χ0) is 20.8. The number of nitrogens with one attached hydrogen (secondary N) is 2. The molecule has 0 saturated heterocycles. The van der Waals surface area contributed by atoms with E-state index in [0.717, 1.165) is 19.3 Å². The maximum absolute atomic E-state index is 12.2. The second kappa shape index (κ2) is 9.43. The van der Waals surface area contributed by atoms with Crippen LogP contribution in [0.2, 0.25) is 5.02 Å². The minimum atomic E-state index is -0.794. The largest absolute Gasteiger partial charge is 0.455 e. The molecule has 0 bridgehead atoms. The summed E-state index contributed by atoms with van der Waals surface area (Å²) in [6, 6.07) is 11.0. The number of carbonyl (C=O) groups excluding carboxylic acids is 3. The van der Waals surface area contributed by atoms with Crippen LogP contribution in [0.4, 0.5) is 10.5 Å². The summed E-state index contributed by atoms with van der Waals surface area (Å²) in [6.45, 7) is -0.429. The lowest BCUT2D eigenvalue weighted by molar-refractivity contribution is -0.147. The first-order valence-corrected chi connectivity index (χ1v) is 9.68. The molecule has 7 nitrogen and oxygen atoms in total. The molecule has 0 radical (unpaired) electrons. The molecule has 0 aromatic heterocycles. The van der Waals surface area contributed by atoms with E-state index >= 15 is 0 Å². The van der Waals surface area contributed by atoms with Crippen LogP contribution in [0, 0.1) is 0 Å². The van der Waals surface area contributed by atoms with Gasteiger partial charge in [-0.25, -0.2) is 4.79 Å². The van der Waals surface area contributed by atoms with Crippen molar-refractivity contribution >= 4 is 35.2 Å². The summed E-state index contributed by atoms with van der Waals surface area (Å²) in [5, 5.41) is 5.58. The summed E-state index contributed by atoms with van der Waals surface area (Å²) in [5.74, 6) is -1.10. The molecule has 3 amide bonds. The number of aryl methyl sites for hydroxylation is 2. The molecule has 0 unspecified atom stereocenters. The lowest BCUT2D eigenvalue weighted by atomic mass is 10.0. The lowest BCUT2D eigenvalue weighted by Gasteiger charge is -2.18. The van der Waals surface area contributed by atoms with Crippen molar-refractivity contribution < 1.29 is 19.1 Å². The number of anilines is 1. The van der Waals surface area contributed by atoms with E-state index in [-0.39, 0.29) is 6.42 Å². The molecule has 2 aromatic rings. The number of esters is 1. The number of nitrogens with two attached hydrogens (primary N) is 1. The zero-order valence-corrected chi connectivity index (χ0v) is 16.5. The smallest absolute Gasteiger partial charge is 0.312 e. The van der Waals surface area contributed by atoms with Crippen molar-refractivity contribution in [2.45, 2.75) is 31.7 Å². The fourth-order valence-electron chi connectivity index (χ4n) is 3.39. The van der Waals surface area contributed by atoms with Gasteiger partial charge in [-0.3, -0.25) is 9.59 Å². The van der Waals surface area contributed by atoms with Crippen LogP contribution in [0.15, 0.2) is 42.5 Å². The average Bonchev–Trinajstić information content (AvgIpc) is 3.14. The number of fused-ring (bicyclic) bond motifs is 1. The molecule has 3 rings (SSSR count). The van der Waals surface area contributed by atoms with Gasteiger partial charge in [-0.2, -0.15) is 0 Å². The first kappa shape index (κ1) is 20.7. The van der Waals surface area contributed by atoms with Crippen molar-refractivity contribution in [1.29, 1.82) is 0 Å². The Hall–Kier alpha value is -3.06. The van der Waals surface area contributed by atoms with Crippen molar-refractivity contribution in [2.75, 3.05) is 11.9 Å². The SMILES string of the molecule is NC(=O)N[C@H](CC(=O)OCC(=O)Nc1ccc2c(c1)CCC2)c1ccccc1Cl. The molecule has 4 N–H and O–H groups in total. The van der Waals surface area contributed by atoms with Gasteiger partial charge in [0.25, 0.3) is 5.91 Å². The molecule has 8 heteroatoms. The van der Waals surface area contributed by atoms with E-state index in [1.54, 1.807) is 24.3 Å². The van der Waals surface area contributed by atoms with Gasteiger partial charge in [0.1, 0.15) is 0 Å². The number of hydrogen-bond donors (Lipinski definition) is 3. The number of carbonyl (C=O) groups is 3. The number of benzene rings is 2. The fourth-order valence-corrected chi connectivity index (χ4v) is 3.65. The van der Waals surface area contributed by atoms with Crippen LogP contribution in [-0.2, 0) is 27.2 Å². The summed E-state index contributed by atoms with van der Waals surface area (Å²) in [4.78, 5) is 35.6. The maximum Gasteiger partial charge on any atom is 0.312 e. The molecule has 0 heterocycles. The van der Waals surface area contributed by atoms with E-state index < -0.39 is 30.6 Å². The van der Waals surface area contributed by atoms with E-state index in [0.29, 0.717) is 16.3 Å². The number of amides is 3. The van der Waals surface area contributed by atoms with Gasteiger partial charge in [0, 0.05) is 10.7 Å². The van der Waals surface area contributed by atoms with Gasteiger partial charge in [-0.1, -0.05) is 35.9 Å². The first-order valence-electron chi connectivity index (χ1n) is 9.30. The van der Waals surface area contributed by atoms with Crippen LogP contribution in [0.1, 0.15) is 35.6 Å². The molecule has 0 fully saturated rings. The molecular formula is C21H22ClN3O4. The molecule has 152 valence electrons. The van der Waals surface area contributed by atoms with Crippen molar-refractivity contribution in [3.05, 3.63) is 64.2 Å². The van der Waals surface area contributed by atoms with Gasteiger partial charge in [0.2, 0.25) is 0 Å². The Kier molecular flexibility index (Phi) is 6.72. The van der Waals surface area contributed by atoms with E-state index in [1.165, 1.54) is 11.1 Å². The van der Waals surface area contributed by atoms with E-state index in [1.807, 2.05) is 18.2 Å². The number of urea groups is 1. The van der Waals surface area contributed by atoms with Crippen molar-refractivity contribution in [1.82, 2.24) is 5.32 Å². The Bertz CT molecular complexity index is 932. The highest BCUT2D eigenvalue weighted by Crippen LogP contribution is 2.26. The molecule has 0 aliphatic heterocycles. The van der Waals surface area contributed by atoms with Crippen LogP contribution >= 0.6 is 11.6 Å². The number of ether oxygens (including phenoxy) is 1. The standard InChI is InChI=1S/C21H22ClN3O4/c22-17-7-2-1-6-16(17)18(25-21(23)28)11-20(27)29-12-19(26)24-15-9-8-13-4-3-5-14(13)10-15/h1-2,6-10,18H,3-5,11-12H2,(H,24,26)(H3,23,25,28)/t18-/m1/s1. The molecule has 0 spiro atoms. The predicted octanol–water partition coefficient (Wildman–Crippen LogP) is 3.11. The highest BCUT2D eigenvalue weighted by Gasteiger charge is 2.21. The third-order valence-corrected chi connectivity index (χ3v) is 5.06. The van der Waals surface area contributed by atoms with E-state index in [2.05, 4.69) is 10.6 Å². The molecule has 0 saturated carbocycles. The van der Waals surface area contributed by atoms with Gasteiger partial charge < -0.3 is 21.1 Å². The number of primary amides is 1. The van der Waals surface area contributed by atoms with Crippen LogP contribution in [0.5, 0.6) is 0 Å². The molecule has 29 heavy (non-hydrogen) atoms. The summed E-state index contributed by atoms with van der Waals surface area (Å²) in [5.41, 5.74) is 8.95. The summed E-state index contributed by atoms with van der Waals surface area (Å²) >= 11 is 6.14. The fraction of sp³-hybridized carbons (Fsp3) is 0.286. The molecule has 1 atom stereocenters. The third-order valence-electron chi connectivity index (χ3n) is 4.71. The van der Waals surface area contributed by atoms with Crippen LogP contribution in [0.3, 0.4) is 0 Å². The van der Waals surface area contributed by atoms with Gasteiger partial charge in [0.15, 0.2) is 6.61 Å². The molecule has 1 aliphatic carbocycles. The monoisotopic (exact) mass is 415 g/mol. The lowest BCUT2D eigenvalue weighted by Crippen LogP contribution is -2.35. The topological polar surface area (TPSA) is 111 Å². The molecule has 1 aliphatic rings. The van der Waals surface area contributed by atoms with Crippen LogP contribution < -0.4 is 16.4 Å². The van der Waals surface area contributed by atoms with E-state index in [4.69, 9.17) is 22.1 Å². The van der Waals surface area contributed by atoms with Gasteiger partial charge in [-0.05, 0) is 54.2 Å². The second-order valence-electron chi connectivity index (χ2n) is 6.83. The third kappa shape index (κ3) is 5.71. The van der Waals surface area contributed by atoms with E-state index in [9.17, 15) is 14.4 Å². The number of rotatable bonds is 7. The van der Waals surface area contributed by atoms with Gasteiger partial charge in [-0.15, -0.1) is 0 Å². The second-order valence-corrected chi connectivity index (χ2v) is 7.24. The Morgan fingerprint density at radius 1 is 1.10 bits per heavy atom. The Morgan fingerprint density at radius 3 is 2.62 bits per heavy atom. The minimum Gasteiger partial charge on any atom is -0.455 e. The van der Waals surface area contributed by atoms with Crippen molar-refractivity contribution in [2.24, 2.45) is 5.73 Å². The zero-order valence-electron chi connectivity index (χ0n) is 15.7. The van der Waals surface area contributed by atoms with Crippen LogP contribution in [-0.4, -0.2) is 24.5 Å². The average molecular weight is 416 g/mol. The molecule has 2 aromatic carbocycles. The number of hydrogen-bond acceptors (Lipinski definition) is 4.